The van der Waals surface area contributed by atoms with E-state index in [1.807, 2.05) is 0 Å². The molecule has 0 atom stereocenters. The van der Waals surface area contributed by atoms with E-state index in [1.54, 1.807) is 11.8 Å². The lowest BCUT2D eigenvalue weighted by Crippen LogP contribution is -2.46. The van der Waals surface area contributed by atoms with Crippen LogP contribution in [0.3, 0.4) is 0 Å². The van der Waals surface area contributed by atoms with Crippen LogP contribution in [0.4, 0.5) is 10.5 Å². The van der Waals surface area contributed by atoms with Crippen molar-refractivity contribution in [3.8, 4) is 0 Å². The third-order valence-corrected chi connectivity index (χ3v) is 5.31. The minimum Gasteiger partial charge on any atom is -0.478 e. The normalized spacial score (nSPS) is 15.9. The molecule has 1 aliphatic rings. The fourth-order valence-corrected chi connectivity index (χ4v) is 3.37. The number of rotatable bonds is 5. The molecule has 0 aromatic heterocycles. The van der Waals surface area contributed by atoms with Crippen LogP contribution in [0, 0.1) is 0 Å². The average molecular weight is 329 g/mol. The Morgan fingerprint density at radius 1 is 1.38 bits per heavy atom. The Hall–Kier alpha value is -1.40. The summed E-state index contributed by atoms with van der Waals surface area (Å²) in [7, 11) is 0. The maximum absolute atomic E-state index is 11.9. The highest BCUT2D eigenvalue weighted by Gasteiger charge is 2.36. The standard InChI is InChI=1S/C14H17ClN2O3S/c1-21-14(3-2-4-14)8-16-13(20)17-11-6-9(12(18)19)5-10(15)7-11/h5-7H,2-4,8H2,1H3,(H,18,19)(H2,16,17,20). The average Bonchev–Trinajstić information content (AvgIpc) is 2.37. The SMILES string of the molecule is CSC1(CNC(=O)Nc2cc(Cl)cc(C(=O)O)c2)CCC1. The second-order valence-electron chi connectivity index (χ2n) is 5.08. The number of thioether (sulfide) groups is 1. The lowest BCUT2D eigenvalue weighted by Gasteiger charge is -2.40. The highest BCUT2D eigenvalue weighted by Crippen LogP contribution is 2.42. The summed E-state index contributed by atoms with van der Waals surface area (Å²) in [6.45, 7) is 0.604. The number of anilines is 1. The molecule has 7 heteroatoms. The van der Waals surface area contributed by atoms with Crippen molar-refractivity contribution in [3.05, 3.63) is 28.8 Å². The number of carbonyl (C=O) groups excluding carboxylic acids is 1. The van der Waals surface area contributed by atoms with Crippen LogP contribution in [0.1, 0.15) is 29.6 Å². The molecule has 0 bridgehead atoms. The molecule has 0 radical (unpaired) electrons. The van der Waals surface area contributed by atoms with Gasteiger partial charge in [-0.25, -0.2) is 9.59 Å². The van der Waals surface area contributed by atoms with Crippen molar-refractivity contribution < 1.29 is 14.7 Å². The summed E-state index contributed by atoms with van der Waals surface area (Å²) in [5, 5.41) is 14.7. The predicted molar refractivity (Wildman–Crippen MR) is 85.5 cm³/mol. The molecule has 1 aromatic rings. The van der Waals surface area contributed by atoms with E-state index in [1.165, 1.54) is 24.6 Å². The van der Waals surface area contributed by atoms with Crippen molar-refractivity contribution >= 4 is 41.1 Å². The van der Waals surface area contributed by atoms with Crippen LogP contribution < -0.4 is 10.6 Å². The lowest BCUT2D eigenvalue weighted by atomic mass is 9.84. The summed E-state index contributed by atoms with van der Waals surface area (Å²) >= 11 is 7.62. The molecule has 0 unspecified atom stereocenters. The summed E-state index contributed by atoms with van der Waals surface area (Å²) in [5.74, 6) is -1.09. The molecular weight excluding hydrogens is 312 g/mol. The Morgan fingerprint density at radius 3 is 2.62 bits per heavy atom. The van der Waals surface area contributed by atoms with Crippen LogP contribution in [0.15, 0.2) is 18.2 Å². The van der Waals surface area contributed by atoms with E-state index in [9.17, 15) is 9.59 Å². The summed E-state index contributed by atoms with van der Waals surface area (Å²) in [6.07, 6.45) is 5.46. The number of nitrogens with one attached hydrogen (secondary N) is 2. The Bertz CT molecular complexity index is 556. The highest BCUT2D eigenvalue weighted by molar-refractivity contribution is 8.00. The van der Waals surface area contributed by atoms with Crippen LogP contribution in [0.5, 0.6) is 0 Å². The lowest BCUT2D eigenvalue weighted by molar-refractivity contribution is 0.0697. The van der Waals surface area contributed by atoms with E-state index in [4.69, 9.17) is 16.7 Å². The van der Waals surface area contributed by atoms with Crippen molar-refractivity contribution in [2.24, 2.45) is 0 Å². The van der Waals surface area contributed by atoms with Crippen molar-refractivity contribution in [3.63, 3.8) is 0 Å². The van der Waals surface area contributed by atoms with Gasteiger partial charge in [0.05, 0.1) is 5.56 Å². The van der Waals surface area contributed by atoms with Gasteiger partial charge in [0, 0.05) is 22.0 Å². The number of carbonyl (C=O) groups is 2. The molecule has 1 fully saturated rings. The third-order valence-electron chi connectivity index (χ3n) is 3.67. The number of carboxylic acid groups (broad SMARTS) is 1. The van der Waals surface area contributed by atoms with Gasteiger partial charge in [-0.15, -0.1) is 0 Å². The van der Waals surface area contributed by atoms with Crippen LogP contribution in [0.2, 0.25) is 5.02 Å². The summed E-state index contributed by atoms with van der Waals surface area (Å²) < 4.78 is 0.151. The molecule has 21 heavy (non-hydrogen) atoms. The van der Waals surface area contributed by atoms with Gasteiger partial charge in [0.1, 0.15) is 0 Å². The minimum atomic E-state index is -1.09. The molecule has 0 spiro atoms. The number of hydrogen-bond donors (Lipinski definition) is 3. The van der Waals surface area contributed by atoms with Gasteiger partial charge in [0.15, 0.2) is 0 Å². The third kappa shape index (κ3) is 4.04. The van der Waals surface area contributed by atoms with Gasteiger partial charge in [-0.2, -0.15) is 11.8 Å². The molecule has 3 N–H and O–H groups in total. The summed E-state index contributed by atoms with van der Waals surface area (Å²) in [4.78, 5) is 22.8. The highest BCUT2D eigenvalue weighted by atomic mass is 35.5. The first kappa shape index (κ1) is 16.0. The van der Waals surface area contributed by atoms with Gasteiger partial charge in [-0.3, -0.25) is 0 Å². The number of halogens is 1. The van der Waals surface area contributed by atoms with Crippen molar-refractivity contribution in [2.45, 2.75) is 24.0 Å². The molecule has 114 valence electrons. The Balaban J connectivity index is 1.95. The van der Waals surface area contributed by atoms with Crippen LogP contribution in [0.25, 0.3) is 0 Å². The first-order valence-electron chi connectivity index (χ1n) is 6.58. The topological polar surface area (TPSA) is 78.4 Å². The molecule has 2 amide bonds. The van der Waals surface area contributed by atoms with Gasteiger partial charge >= 0.3 is 12.0 Å². The first-order valence-corrected chi connectivity index (χ1v) is 8.18. The predicted octanol–water partition coefficient (Wildman–Crippen LogP) is 3.45. The van der Waals surface area contributed by atoms with E-state index in [0.29, 0.717) is 12.2 Å². The van der Waals surface area contributed by atoms with E-state index >= 15 is 0 Å². The van der Waals surface area contributed by atoms with E-state index in [0.717, 1.165) is 12.8 Å². The molecule has 5 nitrogen and oxygen atoms in total. The van der Waals surface area contributed by atoms with E-state index in [2.05, 4.69) is 16.9 Å². The monoisotopic (exact) mass is 328 g/mol. The van der Waals surface area contributed by atoms with Gasteiger partial charge in [-0.05, 0) is 37.3 Å². The smallest absolute Gasteiger partial charge is 0.335 e. The van der Waals surface area contributed by atoms with E-state index < -0.39 is 5.97 Å². The number of benzene rings is 1. The number of carboxylic acids is 1. The fourth-order valence-electron chi connectivity index (χ4n) is 2.23. The maximum Gasteiger partial charge on any atom is 0.335 e. The summed E-state index contributed by atoms with van der Waals surface area (Å²) in [5.41, 5.74) is 0.404. The molecular formula is C14H17ClN2O3S. The zero-order valence-electron chi connectivity index (χ0n) is 11.6. The number of aromatic carboxylic acids is 1. The van der Waals surface area contributed by atoms with Gasteiger partial charge in [0.2, 0.25) is 0 Å². The molecule has 0 heterocycles. The molecule has 1 saturated carbocycles. The zero-order valence-corrected chi connectivity index (χ0v) is 13.2. The molecule has 0 saturated heterocycles. The quantitative estimate of drug-likeness (QED) is 0.773. The van der Waals surface area contributed by atoms with Gasteiger partial charge in [-0.1, -0.05) is 18.0 Å². The fraction of sp³-hybridized carbons (Fsp3) is 0.429. The Kier molecular flexibility index (Phi) is 5.00. The second kappa shape index (κ2) is 6.58. The van der Waals surface area contributed by atoms with Crippen LogP contribution >= 0.6 is 23.4 Å². The minimum absolute atomic E-state index is 0.0392. The molecule has 1 aromatic carbocycles. The molecule has 0 aliphatic heterocycles. The number of urea groups is 1. The first-order chi connectivity index (χ1) is 9.94. The van der Waals surface area contributed by atoms with E-state index in [-0.39, 0.29) is 21.4 Å². The zero-order chi connectivity index (χ0) is 15.5. The largest absolute Gasteiger partial charge is 0.478 e. The van der Waals surface area contributed by atoms with Crippen molar-refractivity contribution in [2.75, 3.05) is 18.1 Å². The Labute approximate surface area is 132 Å². The maximum atomic E-state index is 11.9. The molecule has 2 rings (SSSR count). The Morgan fingerprint density at radius 2 is 2.10 bits per heavy atom. The van der Waals surface area contributed by atoms with Crippen LogP contribution in [-0.2, 0) is 0 Å². The van der Waals surface area contributed by atoms with Gasteiger partial charge in [0.25, 0.3) is 0 Å². The van der Waals surface area contributed by atoms with Crippen LogP contribution in [-0.4, -0.2) is 34.7 Å². The second-order valence-corrected chi connectivity index (χ2v) is 6.79. The van der Waals surface area contributed by atoms with Crippen molar-refractivity contribution in [1.82, 2.24) is 5.32 Å². The summed E-state index contributed by atoms with van der Waals surface area (Å²) in [6, 6.07) is 3.88. The number of hydrogen-bond acceptors (Lipinski definition) is 3. The number of amides is 2. The van der Waals surface area contributed by atoms with Crippen molar-refractivity contribution in [1.29, 1.82) is 0 Å². The van der Waals surface area contributed by atoms with Gasteiger partial charge < -0.3 is 15.7 Å². The molecule has 1 aliphatic carbocycles.